The molecule has 1 aliphatic heterocycles. The van der Waals surface area contributed by atoms with Crippen LogP contribution in [0.15, 0.2) is 18.2 Å². The van der Waals surface area contributed by atoms with E-state index in [1.807, 2.05) is 18.4 Å². The van der Waals surface area contributed by atoms with Crippen LogP contribution in [0.5, 0.6) is 0 Å². The summed E-state index contributed by atoms with van der Waals surface area (Å²) in [6, 6.07) is 3.90. The van der Waals surface area contributed by atoms with Gasteiger partial charge in [-0.3, -0.25) is 4.79 Å². The van der Waals surface area contributed by atoms with E-state index in [1.165, 1.54) is 6.07 Å². The molecule has 0 fully saturated rings. The molecule has 1 aromatic heterocycles. The van der Waals surface area contributed by atoms with Gasteiger partial charge in [0.25, 0.3) is 0 Å². The van der Waals surface area contributed by atoms with Gasteiger partial charge in [0.15, 0.2) is 5.82 Å². The molecule has 3 N–H and O–H groups in total. The van der Waals surface area contributed by atoms with Crippen molar-refractivity contribution in [2.45, 2.75) is 58.5 Å². The van der Waals surface area contributed by atoms with Crippen LogP contribution in [0, 0.1) is 11.7 Å². The zero-order chi connectivity index (χ0) is 18.7. The summed E-state index contributed by atoms with van der Waals surface area (Å²) in [5, 5.41) is 11.2. The molecule has 1 aromatic carbocycles. The van der Waals surface area contributed by atoms with Crippen molar-refractivity contribution < 1.29 is 9.18 Å². The maximum absolute atomic E-state index is 14.5. The quantitative estimate of drug-likeness (QED) is 0.749. The Balaban J connectivity index is 0.00000196. The van der Waals surface area contributed by atoms with Gasteiger partial charge in [0, 0.05) is 18.7 Å². The van der Waals surface area contributed by atoms with Gasteiger partial charge in [0.05, 0.1) is 11.6 Å². The van der Waals surface area contributed by atoms with Crippen LogP contribution in [0.1, 0.15) is 45.4 Å². The number of carbonyl (C=O) groups is 1. The van der Waals surface area contributed by atoms with E-state index in [9.17, 15) is 9.18 Å². The number of nitrogens with two attached hydrogens (primary N) is 1. The lowest BCUT2D eigenvalue weighted by Gasteiger charge is -2.18. The van der Waals surface area contributed by atoms with Crippen molar-refractivity contribution in [1.29, 1.82) is 0 Å². The second kappa shape index (κ2) is 10.7. The van der Waals surface area contributed by atoms with Gasteiger partial charge in [-0.2, -0.15) is 0 Å². The number of nitrogens with zero attached hydrogens (tertiary/aromatic N) is 3. The fourth-order valence-electron chi connectivity index (χ4n) is 3.20. The van der Waals surface area contributed by atoms with E-state index in [2.05, 4.69) is 15.5 Å². The number of hydrogen-bond acceptors (Lipinski definition) is 4. The van der Waals surface area contributed by atoms with Gasteiger partial charge in [-0.1, -0.05) is 26.7 Å². The standard InChI is InChI=1S/C19H26FN5O.2ClH/c1-3-12(2)17(21)19(26)22-13-8-9-15(20)14(11-13)18-24-23-16-7-5-4-6-10-25(16)18;;/h8-9,11-12,17H,3-7,10,21H2,1-2H3,(H,22,26);2*1H. The predicted molar refractivity (Wildman–Crippen MR) is 114 cm³/mol. The average molecular weight is 432 g/mol. The maximum atomic E-state index is 14.5. The lowest BCUT2D eigenvalue weighted by molar-refractivity contribution is -0.118. The summed E-state index contributed by atoms with van der Waals surface area (Å²) < 4.78 is 16.5. The second-order valence-electron chi connectivity index (χ2n) is 7.00. The SMILES string of the molecule is CCC(C)C(N)C(=O)Nc1ccc(F)c(-c2nnc3n2CCCCC3)c1.Cl.Cl. The Morgan fingerprint density at radius 2 is 2.04 bits per heavy atom. The molecule has 2 aromatic rings. The van der Waals surface area contributed by atoms with Gasteiger partial charge >= 0.3 is 0 Å². The van der Waals surface area contributed by atoms with Crippen molar-refractivity contribution >= 4 is 36.4 Å². The predicted octanol–water partition coefficient (Wildman–Crippen LogP) is 3.97. The van der Waals surface area contributed by atoms with Gasteiger partial charge in [-0.25, -0.2) is 4.39 Å². The molecule has 0 aliphatic carbocycles. The van der Waals surface area contributed by atoms with Crippen LogP contribution in [0.25, 0.3) is 11.4 Å². The summed E-state index contributed by atoms with van der Waals surface area (Å²) in [7, 11) is 0. The highest BCUT2D eigenvalue weighted by Crippen LogP contribution is 2.27. The average Bonchev–Trinajstić information content (AvgIpc) is 2.89. The lowest BCUT2D eigenvalue weighted by Crippen LogP contribution is -2.40. The van der Waals surface area contributed by atoms with Crippen LogP contribution in [-0.2, 0) is 17.8 Å². The number of fused-ring (bicyclic) bond motifs is 1. The normalized spacial score (nSPS) is 15.3. The molecule has 2 unspecified atom stereocenters. The molecule has 1 amide bonds. The van der Waals surface area contributed by atoms with Gasteiger partial charge < -0.3 is 15.6 Å². The van der Waals surface area contributed by atoms with Crippen LogP contribution in [0.3, 0.4) is 0 Å². The van der Waals surface area contributed by atoms with E-state index in [0.29, 0.717) is 17.1 Å². The number of carbonyl (C=O) groups excluding carboxylic acids is 1. The number of aryl methyl sites for hydroxylation is 1. The molecular weight excluding hydrogens is 404 g/mol. The summed E-state index contributed by atoms with van der Waals surface area (Å²) in [6.07, 6.45) is 4.91. The molecule has 0 bridgehead atoms. The molecule has 3 rings (SSSR count). The van der Waals surface area contributed by atoms with Crippen molar-refractivity contribution in [1.82, 2.24) is 14.8 Å². The topological polar surface area (TPSA) is 85.8 Å². The molecule has 0 saturated carbocycles. The highest BCUT2D eigenvalue weighted by atomic mass is 35.5. The molecule has 6 nitrogen and oxygen atoms in total. The fourth-order valence-corrected chi connectivity index (χ4v) is 3.20. The van der Waals surface area contributed by atoms with Gasteiger partial charge in [-0.15, -0.1) is 35.0 Å². The van der Waals surface area contributed by atoms with Crippen LogP contribution in [0.4, 0.5) is 10.1 Å². The largest absolute Gasteiger partial charge is 0.325 e. The Morgan fingerprint density at radius 1 is 1.29 bits per heavy atom. The minimum absolute atomic E-state index is 0. The summed E-state index contributed by atoms with van der Waals surface area (Å²) in [6.45, 7) is 4.71. The Bertz CT molecular complexity index is 799. The fraction of sp³-hybridized carbons (Fsp3) is 0.526. The van der Waals surface area contributed by atoms with Gasteiger partial charge in [0.2, 0.25) is 5.91 Å². The highest BCUT2D eigenvalue weighted by molar-refractivity contribution is 5.95. The molecule has 2 atom stereocenters. The monoisotopic (exact) mass is 431 g/mol. The first-order valence-electron chi connectivity index (χ1n) is 9.29. The number of rotatable bonds is 5. The molecule has 0 saturated heterocycles. The Morgan fingerprint density at radius 3 is 2.75 bits per heavy atom. The maximum Gasteiger partial charge on any atom is 0.241 e. The van der Waals surface area contributed by atoms with E-state index in [4.69, 9.17) is 5.73 Å². The van der Waals surface area contributed by atoms with E-state index in [-0.39, 0.29) is 42.5 Å². The first kappa shape index (κ1) is 24.3. The van der Waals surface area contributed by atoms with Gasteiger partial charge in [-0.05, 0) is 37.0 Å². The highest BCUT2D eigenvalue weighted by Gasteiger charge is 2.22. The third kappa shape index (κ3) is 5.21. The lowest BCUT2D eigenvalue weighted by atomic mass is 9.99. The smallest absolute Gasteiger partial charge is 0.241 e. The minimum atomic E-state index is -0.599. The first-order chi connectivity index (χ1) is 12.5. The number of anilines is 1. The number of hydrogen-bond donors (Lipinski definition) is 2. The third-order valence-corrected chi connectivity index (χ3v) is 5.14. The third-order valence-electron chi connectivity index (χ3n) is 5.14. The first-order valence-corrected chi connectivity index (χ1v) is 9.29. The molecule has 0 spiro atoms. The number of benzene rings is 1. The molecule has 0 radical (unpaired) electrons. The van der Waals surface area contributed by atoms with Crippen molar-refractivity contribution in [3.05, 3.63) is 29.8 Å². The minimum Gasteiger partial charge on any atom is -0.325 e. The molecule has 9 heteroatoms. The molecule has 1 aliphatic rings. The van der Waals surface area contributed by atoms with Crippen LogP contribution in [-0.4, -0.2) is 26.7 Å². The summed E-state index contributed by atoms with van der Waals surface area (Å²) in [5.41, 5.74) is 6.84. The summed E-state index contributed by atoms with van der Waals surface area (Å²) >= 11 is 0. The number of aromatic nitrogens is 3. The van der Waals surface area contributed by atoms with E-state index >= 15 is 0 Å². The summed E-state index contributed by atoms with van der Waals surface area (Å²) in [5.74, 6) is 0.833. The summed E-state index contributed by atoms with van der Waals surface area (Å²) in [4.78, 5) is 12.3. The zero-order valence-electron chi connectivity index (χ0n) is 16.2. The van der Waals surface area contributed by atoms with Crippen molar-refractivity contribution in [2.24, 2.45) is 11.7 Å². The molecule has 28 heavy (non-hydrogen) atoms. The van der Waals surface area contributed by atoms with Crippen molar-refractivity contribution in [3.63, 3.8) is 0 Å². The van der Waals surface area contributed by atoms with E-state index in [0.717, 1.165) is 44.5 Å². The van der Waals surface area contributed by atoms with Crippen molar-refractivity contribution in [2.75, 3.05) is 5.32 Å². The van der Waals surface area contributed by atoms with E-state index < -0.39 is 6.04 Å². The van der Waals surface area contributed by atoms with Gasteiger partial charge in [0.1, 0.15) is 11.6 Å². The Kier molecular flexibility index (Phi) is 9.33. The molecular formula is C19H28Cl2FN5O. The van der Waals surface area contributed by atoms with Crippen molar-refractivity contribution in [3.8, 4) is 11.4 Å². The number of halogens is 3. The molecule has 2 heterocycles. The zero-order valence-corrected chi connectivity index (χ0v) is 17.8. The number of amides is 1. The Labute approximate surface area is 177 Å². The second-order valence-corrected chi connectivity index (χ2v) is 7.00. The number of nitrogens with one attached hydrogen (secondary N) is 1. The van der Waals surface area contributed by atoms with Crippen LogP contribution >= 0.6 is 24.8 Å². The van der Waals surface area contributed by atoms with Crippen LogP contribution in [0.2, 0.25) is 0 Å². The van der Waals surface area contributed by atoms with E-state index in [1.54, 1.807) is 12.1 Å². The molecule has 156 valence electrons. The Hall–Kier alpha value is -1.70. The van der Waals surface area contributed by atoms with Crippen LogP contribution < -0.4 is 11.1 Å².